The van der Waals surface area contributed by atoms with Gasteiger partial charge in [0, 0.05) is 12.2 Å². The number of unbranched alkanes of at least 4 members (excludes halogenated alkanes) is 8. The van der Waals surface area contributed by atoms with Gasteiger partial charge >= 0.3 is 19.8 Å². The summed E-state index contributed by atoms with van der Waals surface area (Å²) in [7, 11) is -3.51. The lowest BCUT2D eigenvalue weighted by atomic mass is 10.1. The molecule has 0 aliphatic carbocycles. The summed E-state index contributed by atoms with van der Waals surface area (Å²) in [6.45, 7) is 10.1. The summed E-state index contributed by atoms with van der Waals surface area (Å²) in [5.74, 6) is -0.793. The van der Waals surface area contributed by atoms with E-state index in [1.165, 1.54) is 0 Å². The van der Waals surface area contributed by atoms with Crippen LogP contribution in [-0.4, -0.2) is 45.0 Å². The molecule has 0 aromatic heterocycles. The topological polar surface area (TPSA) is 97.4 Å². The fraction of sp³-hybridized carbons (Fsp3) is 0.727. The van der Waals surface area contributed by atoms with E-state index in [2.05, 4.69) is 13.2 Å². The zero-order chi connectivity index (χ0) is 23.2. The molecule has 0 spiro atoms. The Labute approximate surface area is 186 Å². The Hall–Kier alpha value is -1.47. The van der Waals surface area contributed by atoms with Crippen LogP contribution in [0.15, 0.2) is 25.3 Å². The molecule has 0 rings (SSSR count). The van der Waals surface area contributed by atoms with E-state index in [9.17, 15) is 14.2 Å². The molecule has 9 heteroatoms. The fourth-order valence-corrected chi connectivity index (χ4v) is 3.80. The van der Waals surface area contributed by atoms with Crippen LogP contribution in [0.1, 0.15) is 71.1 Å². The summed E-state index contributed by atoms with van der Waals surface area (Å²) in [5.41, 5.74) is 0. The smallest absolute Gasteiger partial charge is 0.463 e. The van der Waals surface area contributed by atoms with Gasteiger partial charge in [0.1, 0.15) is 0 Å². The molecule has 0 fully saturated rings. The van der Waals surface area contributed by atoms with E-state index in [-0.39, 0.29) is 6.61 Å². The van der Waals surface area contributed by atoms with Gasteiger partial charge in [-0.15, -0.1) is 0 Å². The summed E-state index contributed by atoms with van der Waals surface area (Å²) in [5, 5.41) is 0. The molecule has 0 saturated carbocycles. The van der Waals surface area contributed by atoms with Gasteiger partial charge in [-0.3, -0.25) is 13.6 Å². The molecular weight excluding hydrogens is 423 g/mol. The first kappa shape index (κ1) is 29.5. The van der Waals surface area contributed by atoms with Crippen molar-refractivity contribution in [2.24, 2.45) is 0 Å². The molecule has 0 N–H and O–H groups in total. The zero-order valence-electron chi connectivity index (χ0n) is 18.9. The predicted octanol–water partition coefficient (Wildman–Crippen LogP) is 5.52. The van der Waals surface area contributed by atoms with Crippen LogP contribution in [0.2, 0.25) is 0 Å². The Morgan fingerprint density at radius 1 is 0.645 bits per heavy atom. The summed E-state index contributed by atoms with van der Waals surface area (Å²) >= 11 is 0. The van der Waals surface area contributed by atoms with E-state index in [1.54, 1.807) is 6.92 Å². The normalized spacial score (nSPS) is 11.1. The zero-order valence-corrected chi connectivity index (χ0v) is 19.8. The molecule has 0 aliphatic rings. The molecule has 0 saturated heterocycles. The molecule has 0 bridgehead atoms. The second kappa shape index (κ2) is 20.4. The summed E-state index contributed by atoms with van der Waals surface area (Å²) in [4.78, 5) is 21.8. The standard InChI is InChI=1S/C22H39O8P/c1-4-21(23)26-17-13-9-7-11-15-19-29-31(25,28-6-3)30-20-16-12-8-10-14-18-27-22(24)5-2/h4-5H,1-2,6-20H2,3H3. The molecule has 0 aromatic carbocycles. The number of phosphoric ester groups is 1. The number of carbonyl (C=O) groups excluding carboxylic acids is 2. The maximum atomic E-state index is 12.6. The minimum absolute atomic E-state index is 0.254. The van der Waals surface area contributed by atoms with E-state index in [1.807, 2.05) is 0 Å². The molecule has 8 nitrogen and oxygen atoms in total. The average Bonchev–Trinajstić information content (AvgIpc) is 2.76. The monoisotopic (exact) mass is 462 g/mol. The van der Waals surface area contributed by atoms with E-state index >= 15 is 0 Å². The largest absolute Gasteiger partial charge is 0.474 e. The maximum absolute atomic E-state index is 12.6. The second-order valence-corrected chi connectivity index (χ2v) is 8.48. The van der Waals surface area contributed by atoms with Crippen LogP contribution >= 0.6 is 7.82 Å². The van der Waals surface area contributed by atoms with Crippen molar-refractivity contribution in [1.82, 2.24) is 0 Å². The van der Waals surface area contributed by atoms with Crippen molar-refractivity contribution in [3.05, 3.63) is 25.3 Å². The molecule has 0 aliphatic heterocycles. The first-order chi connectivity index (χ1) is 15.0. The molecule has 0 radical (unpaired) electrons. The van der Waals surface area contributed by atoms with Gasteiger partial charge in [-0.2, -0.15) is 0 Å². The lowest BCUT2D eigenvalue weighted by molar-refractivity contribution is -0.138. The molecule has 0 amide bonds. The van der Waals surface area contributed by atoms with Gasteiger partial charge in [-0.25, -0.2) is 14.2 Å². The molecule has 0 heterocycles. The molecule has 0 atom stereocenters. The Kier molecular flexibility index (Phi) is 19.5. The minimum Gasteiger partial charge on any atom is -0.463 e. The van der Waals surface area contributed by atoms with E-state index in [0.717, 1.165) is 76.4 Å². The molecule has 0 unspecified atom stereocenters. The van der Waals surface area contributed by atoms with Crippen molar-refractivity contribution < 1.29 is 37.2 Å². The fourth-order valence-electron chi connectivity index (χ4n) is 2.55. The molecule has 180 valence electrons. The predicted molar refractivity (Wildman–Crippen MR) is 120 cm³/mol. The summed E-state index contributed by atoms with van der Waals surface area (Å²) < 4.78 is 38.4. The van der Waals surface area contributed by atoms with Gasteiger partial charge in [0.15, 0.2) is 0 Å². The number of esters is 2. The Balaban J connectivity index is 3.72. The first-order valence-electron chi connectivity index (χ1n) is 11.1. The number of ether oxygens (including phenoxy) is 2. The lowest BCUT2D eigenvalue weighted by Gasteiger charge is -2.17. The maximum Gasteiger partial charge on any atom is 0.474 e. The van der Waals surface area contributed by atoms with Crippen molar-refractivity contribution >= 4 is 19.8 Å². The summed E-state index contributed by atoms with van der Waals surface area (Å²) in [6.07, 6.45) is 11.1. The van der Waals surface area contributed by atoms with Crippen LogP contribution in [0, 0.1) is 0 Å². The van der Waals surface area contributed by atoms with Gasteiger partial charge in [0.2, 0.25) is 0 Å². The van der Waals surface area contributed by atoms with Gasteiger partial charge in [-0.1, -0.05) is 51.7 Å². The average molecular weight is 463 g/mol. The van der Waals surface area contributed by atoms with Crippen molar-refractivity contribution in [3.8, 4) is 0 Å². The minimum atomic E-state index is -3.51. The van der Waals surface area contributed by atoms with Gasteiger partial charge in [0.05, 0.1) is 33.0 Å². The van der Waals surface area contributed by atoms with Gasteiger partial charge in [0.25, 0.3) is 0 Å². The third-order valence-corrected chi connectivity index (χ3v) is 5.76. The van der Waals surface area contributed by atoms with Crippen molar-refractivity contribution in [2.75, 3.05) is 33.0 Å². The Morgan fingerprint density at radius 3 is 1.35 bits per heavy atom. The van der Waals surface area contributed by atoms with E-state index in [0.29, 0.717) is 26.4 Å². The third-order valence-electron chi connectivity index (χ3n) is 4.19. The van der Waals surface area contributed by atoms with E-state index < -0.39 is 19.8 Å². The number of rotatable bonds is 22. The van der Waals surface area contributed by atoms with Crippen molar-refractivity contribution in [2.45, 2.75) is 71.1 Å². The Morgan fingerprint density at radius 2 is 1.00 bits per heavy atom. The first-order valence-corrected chi connectivity index (χ1v) is 12.6. The number of carbonyl (C=O) groups is 2. The number of phosphoric acid groups is 1. The van der Waals surface area contributed by atoms with Gasteiger partial charge in [-0.05, 0) is 32.6 Å². The van der Waals surface area contributed by atoms with Crippen LogP contribution in [0.5, 0.6) is 0 Å². The van der Waals surface area contributed by atoms with E-state index in [4.69, 9.17) is 23.0 Å². The van der Waals surface area contributed by atoms with Crippen LogP contribution in [0.25, 0.3) is 0 Å². The molecular formula is C22H39O8P. The number of hydrogen-bond donors (Lipinski definition) is 0. The van der Waals surface area contributed by atoms with Crippen LogP contribution in [-0.2, 0) is 37.2 Å². The lowest BCUT2D eigenvalue weighted by Crippen LogP contribution is -2.03. The molecule has 31 heavy (non-hydrogen) atoms. The highest BCUT2D eigenvalue weighted by molar-refractivity contribution is 7.48. The number of hydrogen-bond acceptors (Lipinski definition) is 8. The van der Waals surface area contributed by atoms with Crippen molar-refractivity contribution in [1.29, 1.82) is 0 Å². The highest BCUT2D eigenvalue weighted by Gasteiger charge is 2.25. The highest BCUT2D eigenvalue weighted by atomic mass is 31.2. The SMILES string of the molecule is C=CC(=O)OCCCCCCCOP(=O)(OCC)OCCCCCCCOC(=O)C=C. The molecule has 0 aromatic rings. The third kappa shape index (κ3) is 19.0. The van der Waals surface area contributed by atoms with Crippen LogP contribution in [0.3, 0.4) is 0 Å². The Bertz CT molecular complexity index is 508. The van der Waals surface area contributed by atoms with Gasteiger partial charge < -0.3 is 9.47 Å². The summed E-state index contributed by atoms with van der Waals surface area (Å²) in [6, 6.07) is 0. The quantitative estimate of drug-likeness (QED) is 0.0897. The highest BCUT2D eigenvalue weighted by Crippen LogP contribution is 2.49. The van der Waals surface area contributed by atoms with Crippen LogP contribution in [0.4, 0.5) is 0 Å². The second-order valence-electron chi connectivity index (χ2n) is 6.81. The van der Waals surface area contributed by atoms with Crippen molar-refractivity contribution in [3.63, 3.8) is 0 Å². The van der Waals surface area contributed by atoms with Crippen LogP contribution < -0.4 is 0 Å².